The molecule has 0 heterocycles. The number of hydrogen-bond acceptors (Lipinski definition) is 0. The van der Waals surface area contributed by atoms with Crippen molar-refractivity contribution in [3.8, 4) is 0 Å². The maximum absolute atomic E-state index is 14.0. The highest BCUT2D eigenvalue weighted by molar-refractivity contribution is 9.10. The van der Waals surface area contributed by atoms with Crippen molar-refractivity contribution in [2.24, 2.45) is 0 Å². The van der Waals surface area contributed by atoms with E-state index in [1.165, 1.54) is 19.3 Å². The first-order chi connectivity index (χ1) is 7.70. The molecule has 0 radical (unpaired) electrons. The van der Waals surface area contributed by atoms with E-state index in [0.29, 0.717) is 15.2 Å². The molecule has 1 fully saturated rings. The van der Waals surface area contributed by atoms with Crippen LogP contribution in [0.15, 0.2) is 22.7 Å². The van der Waals surface area contributed by atoms with E-state index in [1.807, 2.05) is 12.1 Å². The minimum atomic E-state index is -0.0844. The minimum absolute atomic E-state index is 0.0844. The highest BCUT2D eigenvalue weighted by atomic mass is 79.9. The third-order valence-electron chi connectivity index (χ3n) is 3.31. The molecule has 0 N–H and O–H groups in total. The SMILES string of the molecule is Fc1c(Br)cccc1C1CCCCCC1Br. The Kier molecular flexibility index (Phi) is 4.42. The van der Waals surface area contributed by atoms with Gasteiger partial charge in [-0.3, -0.25) is 0 Å². The monoisotopic (exact) mass is 348 g/mol. The highest BCUT2D eigenvalue weighted by Crippen LogP contribution is 2.38. The van der Waals surface area contributed by atoms with E-state index in [2.05, 4.69) is 31.9 Å². The lowest BCUT2D eigenvalue weighted by atomic mass is 9.91. The van der Waals surface area contributed by atoms with Crippen LogP contribution < -0.4 is 0 Å². The van der Waals surface area contributed by atoms with Gasteiger partial charge in [0.05, 0.1) is 4.47 Å². The fourth-order valence-electron chi connectivity index (χ4n) is 2.42. The Morgan fingerprint density at radius 3 is 2.69 bits per heavy atom. The Labute approximate surface area is 113 Å². The van der Waals surface area contributed by atoms with Gasteiger partial charge in [0.15, 0.2) is 0 Å². The first kappa shape index (κ1) is 12.6. The molecular formula is C13H15Br2F. The fourth-order valence-corrected chi connectivity index (χ4v) is 3.67. The van der Waals surface area contributed by atoms with Crippen molar-refractivity contribution in [1.82, 2.24) is 0 Å². The Morgan fingerprint density at radius 1 is 1.12 bits per heavy atom. The van der Waals surface area contributed by atoms with Crippen LogP contribution in [-0.2, 0) is 0 Å². The van der Waals surface area contributed by atoms with Gasteiger partial charge < -0.3 is 0 Å². The number of hydrogen-bond donors (Lipinski definition) is 0. The zero-order valence-electron chi connectivity index (χ0n) is 9.06. The van der Waals surface area contributed by atoms with E-state index < -0.39 is 0 Å². The molecule has 2 atom stereocenters. The summed E-state index contributed by atoms with van der Waals surface area (Å²) in [7, 11) is 0. The molecule has 0 spiro atoms. The molecule has 0 aliphatic heterocycles. The van der Waals surface area contributed by atoms with Crippen molar-refractivity contribution in [3.63, 3.8) is 0 Å². The lowest BCUT2D eigenvalue weighted by Crippen LogP contribution is -2.12. The second-order valence-electron chi connectivity index (χ2n) is 4.40. The summed E-state index contributed by atoms with van der Waals surface area (Å²) in [5.41, 5.74) is 0.859. The van der Waals surface area contributed by atoms with Gasteiger partial charge in [-0.1, -0.05) is 47.3 Å². The van der Waals surface area contributed by atoms with Crippen LogP contribution in [-0.4, -0.2) is 4.83 Å². The third kappa shape index (κ3) is 2.67. The van der Waals surface area contributed by atoms with Gasteiger partial charge in [0.2, 0.25) is 0 Å². The van der Waals surface area contributed by atoms with Crippen molar-refractivity contribution in [3.05, 3.63) is 34.1 Å². The second-order valence-corrected chi connectivity index (χ2v) is 6.43. The van der Waals surface area contributed by atoms with E-state index in [0.717, 1.165) is 18.4 Å². The van der Waals surface area contributed by atoms with Crippen molar-refractivity contribution in [2.45, 2.75) is 42.8 Å². The van der Waals surface area contributed by atoms with Crippen LogP contribution >= 0.6 is 31.9 Å². The maximum Gasteiger partial charge on any atom is 0.140 e. The van der Waals surface area contributed by atoms with Gasteiger partial charge in [0.25, 0.3) is 0 Å². The summed E-state index contributed by atoms with van der Waals surface area (Å²) in [5, 5.41) is 0. The Hall–Kier alpha value is 0.110. The van der Waals surface area contributed by atoms with Crippen molar-refractivity contribution >= 4 is 31.9 Å². The first-order valence-corrected chi connectivity index (χ1v) is 7.49. The van der Waals surface area contributed by atoms with Gasteiger partial charge in [-0.15, -0.1) is 0 Å². The number of rotatable bonds is 1. The summed E-state index contributed by atoms with van der Waals surface area (Å²) in [4.78, 5) is 0.416. The van der Waals surface area contributed by atoms with Gasteiger partial charge in [-0.2, -0.15) is 0 Å². The molecule has 1 aliphatic carbocycles. The molecule has 0 bridgehead atoms. The average molecular weight is 350 g/mol. The van der Waals surface area contributed by atoms with Crippen molar-refractivity contribution < 1.29 is 4.39 Å². The van der Waals surface area contributed by atoms with Gasteiger partial charge in [-0.25, -0.2) is 4.39 Å². The molecule has 0 aromatic heterocycles. The summed E-state index contributed by atoms with van der Waals surface area (Å²) in [6.07, 6.45) is 5.97. The molecule has 1 aliphatic rings. The third-order valence-corrected chi connectivity index (χ3v) is 5.02. The molecule has 1 aromatic carbocycles. The predicted octanol–water partition coefficient (Wildman–Crippen LogP) is 5.40. The van der Waals surface area contributed by atoms with Crippen LogP contribution in [0.4, 0.5) is 4.39 Å². The van der Waals surface area contributed by atoms with Gasteiger partial charge in [-0.05, 0) is 46.3 Å². The lowest BCUT2D eigenvalue weighted by molar-refractivity contribution is 0.544. The first-order valence-electron chi connectivity index (χ1n) is 5.78. The van der Waals surface area contributed by atoms with Crippen LogP contribution in [0.25, 0.3) is 0 Å². The number of halogens is 3. The van der Waals surface area contributed by atoms with E-state index in [9.17, 15) is 4.39 Å². The minimum Gasteiger partial charge on any atom is -0.205 e. The molecule has 3 heteroatoms. The molecule has 2 rings (SSSR count). The summed E-state index contributed by atoms with van der Waals surface area (Å²) < 4.78 is 14.6. The smallest absolute Gasteiger partial charge is 0.140 e. The fraction of sp³-hybridized carbons (Fsp3) is 0.538. The van der Waals surface area contributed by atoms with Crippen LogP contribution in [0.2, 0.25) is 0 Å². The average Bonchev–Trinajstić information content (AvgIpc) is 2.47. The molecule has 2 unspecified atom stereocenters. The Morgan fingerprint density at radius 2 is 1.88 bits per heavy atom. The predicted molar refractivity (Wildman–Crippen MR) is 72.6 cm³/mol. The van der Waals surface area contributed by atoms with Gasteiger partial charge in [0, 0.05) is 4.83 Å². The number of alkyl halides is 1. The Balaban J connectivity index is 2.30. The second kappa shape index (κ2) is 5.63. The van der Waals surface area contributed by atoms with E-state index in [4.69, 9.17) is 0 Å². The summed E-state index contributed by atoms with van der Waals surface area (Å²) >= 11 is 6.98. The van der Waals surface area contributed by atoms with E-state index in [-0.39, 0.29) is 5.82 Å². The van der Waals surface area contributed by atoms with Crippen LogP contribution in [0.1, 0.15) is 43.6 Å². The summed E-state index contributed by atoms with van der Waals surface area (Å²) in [6, 6.07) is 5.61. The molecule has 0 saturated heterocycles. The summed E-state index contributed by atoms with van der Waals surface area (Å²) in [6.45, 7) is 0. The quantitative estimate of drug-likeness (QED) is 0.470. The topological polar surface area (TPSA) is 0 Å². The van der Waals surface area contributed by atoms with Crippen LogP contribution in [0.5, 0.6) is 0 Å². The molecule has 16 heavy (non-hydrogen) atoms. The summed E-state index contributed by atoms with van der Waals surface area (Å²) in [5.74, 6) is 0.235. The van der Waals surface area contributed by atoms with Crippen LogP contribution in [0.3, 0.4) is 0 Å². The van der Waals surface area contributed by atoms with Gasteiger partial charge in [0.1, 0.15) is 5.82 Å². The maximum atomic E-state index is 14.0. The largest absolute Gasteiger partial charge is 0.205 e. The van der Waals surface area contributed by atoms with Crippen LogP contribution in [0, 0.1) is 5.82 Å². The zero-order valence-corrected chi connectivity index (χ0v) is 12.2. The molecule has 0 amide bonds. The standard InChI is InChI=1S/C13H15Br2F/c14-11-7-3-1-2-5-9(11)10-6-4-8-12(15)13(10)16/h4,6,8-9,11H,1-3,5,7H2. The van der Waals surface area contributed by atoms with Crippen molar-refractivity contribution in [1.29, 1.82) is 0 Å². The highest BCUT2D eigenvalue weighted by Gasteiger charge is 2.25. The molecule has 0 nitrogen and oxygen atoms in total. The van der Waals surface area contributed by atoms with Crippen molar-refractivity contribution in [2.75, 3.05) is 0 Å². The van der Waals surface area contributed by atoms with E-state index in [1.54, 1.807) is 6.07 Å². The molecule has 1 saturated carbocycles. The van der Waals surface area contributed by atoms with E-state index >= 15 is 0 Å². The Bertz CT molecular complexity index is 365. The normalized spacial score (nSPS) is 26.4. The molecule has 88 valence electrons. The number of benzene rings is 1. The zero-order chi connectivity index (χ0) is 11.5. The molecule has 1 aromatic rings. The molecular weight excluding hydrogens is 335 g/mol. The van der Waals surface area contributed by atoms with Gasteiger partial charge >= 0.3 is 0 Å². The lowest BCUT2D eigenvalue weighted by Gasteiger charge is -2.21.